The molecule has 232 valence electrons. The molecule has 2 aromatic heterocycles. The molecule has 4 N–H and O–H groups in total. The molecule has 0 bridgehead atoms. The Morgan fingerprint density at radius 3 is 2.51 bits per heavy atom. The lowest BCUT2D eigenvalue weighted by Gasteiger charge is -2.18. The average molecular weight is 641 g/mol. The van der Waals surface area contributed by atoms with Gasteiger partial charge < -0.3 is 25.4 Å². The highest BCUT2D eigenvalue weighted by Gasteiger charge is 2.46. The lowest BCUT2D eigenvalue weighted by Crippen LogP contribution is -2.36. The molecule has 0 spiro atoms. The van der Waals surface area contributed by atoms with Crippen LogP contribution in [0.2, 0.25) is 5.02 Å². The minimum atomic E-state index is -1.23. The first-order chi connectivity index (χ1) is 22.9. The summed E-state index contributed by atoms with van der Waals surface area (Å²) >= 11 is 6.23. The van der Waals surface area contributed by atoms with Crippen LogP contribution in [0.1, 0.15) is 29.4 Å². The summed E-state index contributed by atoms with van der Waals surface area (Å²) in [5, 5.41) is 35.2. The SMILES string of the molecule is CNC(=O)C1CC(n2cnc3c(NCc4cccc(Cl)c4)nc(C#Cc4cc5cccc6ccc7cccc4c7c65)nc32)C(O)C1O. The number of aliphatic hydroxyl groups excluding tert-OH is 2. The standard InChI is InChI=1S/C37H29ClN6O3/c1-39-37(47)27-17-28(34(46)33(27)45)44-19-41-32-35(40-18-20-5-2-9-25(38)15-20)42-29(43-36(32)44)14-13-23-16-24-8-3-6-21-11-12-22-7-4-10-26(23)31(22)30(21)24/h2-12,15-16,19,27-28,33-34,45-46H,17-18H2,1H3,(H,39,47)(H,40,42,43). The van der Waals surface area contributed by atoms with Gasteiger partial charge >= 0.3 is 0 Å². The molecule has 1 fully saturated rings. The van der Waals surface area contributed by atoms with Gasteiger partial charge in [0.25, 0.3) is 0 Å². The number of nitrogens with one attached hydrogen (secondary N) is 2. The number of aromatic nitrogens is 4. The molecule has 1 saturated carbocycles. The highest BCUT2D eigenvalue weighted by atomic mass is 35.5. The van der Waals surface area contributed by atoms with Crippen molar-refractivity contribution in [3.63, 3.8) is 0 Å². The summed E-state index contributed by atoms with van der Waals surface area (Å²) in [4.78, 5) is 26.7. The van der Waals surface area contributed by atoms with Crippen molar-refractivity contribution < 1.29 is 15.0 Å². The predicted molar refractivity (Wildman–Crippen MR) is 183 cm³/mol. The fraction of sp³-hybridized carbons (Fsp3) is 0.189. The second kappa shape index (κ2) is 11.5. The van der Waals surface area contributed by atoms with Crippen molar-refractivity contribution >= 4 is 66.8 Å². The summed E-state index contributed by atoms with van der Waals surface area (Å²) in [7, 11) is 1.51. The van der Waals surface area contributed by atoms with Gasteiger partial charge in [0.15, 0.2) is 17.0 Å². The maximum atomic E-state index is 12.5. The molecule has 8 rings (SSSR count). The van der Waals surface area contributed by atoms with Crippen molar-refractivity contribution in [2.24, 2.45) is 5.92 Å². The van der Waals surface area contributed by atoms with Gasteiger partial charge in [-0.05, 0) is 68.4 Å². The van der Waals surface area contributed by atoms with E-state index in [1.807, 2.05) is 30.3 Å². The third-order valence-electron chi connectivity index (χ3n) is 9.18. The maximum Gasteiger partial charge on any atom is 0.225 e. The van der Waals surface area contributed by atoms with E-state index in [1.165, 1.54) is 23.2 Å². The topological polar surface area (TPSA) is 125 Å². The number of rotatable bonds is 5. The Hall–Kier alpha value is -5.27. The van der Waals surface area contributed by atoms with Crippen LogP contribution < -0.4 is 10.6 Å². The van der Waals surface area contributed by atoms with Gasteiger partial charge in [-0.3, -0.25) is 4.79 Å². The molecule has 2 heterocycles. The number of halogens is 1. The number of hydrogen-bond donors (Lipinski definition) is 4. The fourth-order valence-electron chi connectivity index (χ4n) is 6.89. The Balaban J connectivity index is 1.25. The molecule has 1 aliphatic rings. The van der Waals surface area contributed by atoms with Crippen LogP contribution in [-0.2, 0) is 11.3 Å². The van der Waals surface area contributed by atoms with Crippen molar-refractivity contribution in [2.45, 2.75) is 31.2 Å². The first kappa shape index (κ1) is 29.2. The molecule has 10 heteroatoms. The van der Waals surface area contributed by atoms with Crippen LogP contribution in [0.4, 0.5) is 5.82 Å². The Kier molecular flexibility index (Phi) is 7.14. The van der Waals surface area contributed by atoms with Gasteiger partial charge in [0.05, 0.1) is 24.4 Å². The number of benzene rings is 5. The molecular formula is C37H29ClN6O3. The molecule has 4 unspecified atom stereocenters. The number of carbonyl (C=O) groups excluding carboxylic acids is 1. The van der Waals surface area contributed by atoms with Crippen LogP contribution in [0.15, 0.2) is 85.2 Å². The van der Waals surface area contributed by atoms with Crippen LogP contribution >= 0.6 is 11.6 Å². The third kappa shape index (κ3) is 4.98. The Morgan fingerprint density at radius 2 is 1.70 bits per heavy atom. The molecule has 1 amide bonds. The van der Waals surface area contributed by atoms with Crippen molar-refractivity contribution in [2.75, 3.05) is 12.4 Å². The molecule has 5 aromatic carbocycles. The van der Waals surface area contributed by atoms with Gasteiger partial charge in [-0.15, -0.1) is 0 Å². The van der Waals surface area contributed by atoms with Crippen molar-refractivity contribution in [3.8, 4) is 11.8 Å². The van der Waals surface area contributed by atoms with Crippen molar-refractivity contribution in [3.05, 3.63) is 107 Å². The van der Waals surface area contributed by atoms with E-state index in [9.17, 15) is 15.0 Å². The maximum absolute atomic E-state index is 12.5. The monoisotopic (exact) mass is 640 g/mol. The summed E-state index contributed by atoms with van der Waals surface area (Å²) in [5.41, 5.74) is 2.72. The van der Waals surface area contributed by atoms with Gasteiger partial charge in [0.2, 0.25) is 11.7 Å². The van der Waals surface area contributed by atoms with Crippen LogP contribution in [0.25, 0.3) is 43.5 Å². The summed E-state index contributed by atoms with van der Waals surface area (Å²) in [6.45, 7) is 0.420. The average Bonchev–Trinajstić information content (AvgIpc) is 3.64. The Morgan fingerprint density at radius 1 is 0.936 bits per heavy atom. The van der Waals surface area contributed by atoms with Crippen LogP contribution in [0, 0.1) is 17.8 Å². The van der Waals surface area contributed by atoms with E-state index < -0.39 is 24.2 Å². The molecular weight excluding hydrogens is 612 g/mol. The molecule has 47 heavy (non-hydrogen) atoms. The van der Waals surface area contributed by atoms with E-state index >= 15 is 0 Å². The zero-order valence-corrected chi connectivity index (χ0v) is 26.0. The first-order valence-corrected chi connectivity index (χ1v) is 15.8. The smallest absolute Gasteiger partial charge is 0.225 e. The number of amides is 1. The van der Waals surface area contributed by atoms with Gasteiger partial charge in [0.1, 0.15) is 6.10 Å². The highest BCUT2D eigenvalue weighted by molar-refractivity contribution is 6.30. The second-order valence-electron chi connectivity index (χ2n) is 11.9. The van der Waals surface area contributed by atoms with Gasteiger partial charge in [-0.1, -0.05) is 78.2 Å². The van der Waals surface area contributed by atoms with E-state index in [4.69, 9.17) is 21.6 Å². The lowest BCUT2D eigenvalue weighted by molar-refractivity contribution is -0.128. The first-order valence-electron chi connectivity index (χ1n) is 15.4. The number of nitrogens with zero attached hydrogens (tertiary/aromatic N) is 4. The summed E-state index contributed by atoms with van der Waals surface area (Å²) in [6.07, 6.45) is -0.647. The predicted octanol–water partition coefficient (Wildman–Crippen LogP) is 5.42. The van der Waals surface area contributed by atoms with Crippen LogP contribution in [-0.4, -0.2) is 54.9 Å². The quantitative estimate of drug-likeness (QED) is 0.146. The zero-order chi connectivity index (χ0) is 32.2. The molecule has 1 aliphatic carbocycles. The van der Waals surface area contributed by atoms with Crippen molar-refractivity contribution in [1.82, 2.24) is 24.8 Å². The summed E-state index contributed by atoms with van der Waals surface area (Å²) in [5.74, 6) is 6.17. The largest absolute Gasteiger partial charge is 0.390 e. The van der Waals surface area contributed by atoms with Crippen LogP contribution in [0.3, 0.4) is 0 Å². The van der Waals surface area contributed by atoms with Gasteiger partial charge in [-0.2, -0.15) is 0 Å². The van der Waals surface area contributed by atoms with E-state index in [2.05, 4.69) is 76.0 Å². The lowest BCUT2D eigenvalue weighted by atomic mass is 9.91. The number of fused-ring (bicyclic) bond motifs is 1. The number of carbonyl (C=O) groups is 1. The second-order valence-corrected chi connectivity index (χ2v) is 12.4. The van der Waals surface area contributed by atoms with Gasteiger partial charge in [0, 0.05) is 24.2 Å². The van der Waals surface area contributed by atoms with Crippen LogP contribution in [0.5, 0.6) is 0 Å². The number of imidazole rings is 1. The molecule has 0 saturated heterocycles. The fourth-order valence-corrected chi connectivity index (χ4v) is 7.10. The Labute approximate surface area is 274 Å². The minimum absolute atomic E-state index is 0.214. The number of aliphatic hydroxyl groups is 2. The molecule has 0 radical (unpaired) electrons. The third-order valence-corrected chi connectivity index (χ3v) is 9.41. The molecule has 0 aliphatic heterocycles. The number of hydrogen-bond acceptors (Lipinski definition) is 7. The van der Waals surface area contributed by atoms with E-state index in [1.54, 1.807) is 10.9 Å². The van der Waals surface area contributed by atoms with E-state index in [0.29, 0.717) is 28.5 Å². The minimum Gasteiger partial charge on any atom is -0.390 e. The molecule has 4 atom stereocenters. The van der Waals surface area contributed by atoms with Crippen molar-refractivity contribution in [1.29, 1.82) is 0 Å². The normalized spacial score (nSPS) is 19.4. The number of anilines is 1. The Bertz CT molecular complexity index is 2400. The van der Waals surface area contributed by atoms with Gasteiger partial charge in [-0.25, -0.2) is 15.0 Å². The van der Waals surface area contributed by atoms with E-state index in [0.717, 1.165) is 27.3 Å². The summed E-state index contributed by atoms with van der Waals surface area (Å²) < 4.78 is 1.71. The molecule has 7 aromatic rings. The molecule has 9 nitrogen and oxygen atoms in total. The zero-order valence-electron chi connectivity index (χ0n) is 25.3. The highest BCUT2D eigenvalue weighted by Crippen LogP contribution is 2.38. The van der Waals surface area contributed by atoms with E-state index in [-0.39, 0.29) is 18.2 Å². The summed E-state index contributed by atoms with van der Waals surface area (Å²) in [6, 6.07) is 25.8.